The van der Waals surface area contributed by atoms with Crippen LogP contribution in [0.2, 0.25) is 0 Å². The van der Waals surface area contributed by atoms with Crippen LogP contribution in [0.25, 0.3) is 0 Å². The van der Waals surface area contributed by atoms with Crippen molar-refractivity contribution in [3.8, 4) is 0 Å². The largest absolute Gasteiger partial charge is 0.345 e. The molecule has 1 saturated heterocycles. The molecule has 5 heteroatoms. The topological polar surface area (TPSA) is 61.4 Å². The number of hydrogen-bond donors (Lipinski definition) is 2. The molecule has 0 unspecified atom stereocenters. The van der Waals surface area contributed by atoms with Crippen LogP contribution in [-0.2, 0) is 4.79 Å². The molecule has 1 atom stereocenters. The van der Waals surface area contributed by atoms with Gasteiger partial charge in [-0.05, 0) is 31.5 Å². The maximum Gasteiger partial charge on any atom is 0.255 e. The van der Waals surface area contributed by atoms with Gasteiger partial charge in [-0.2, -0.15) is 0 Å². The van der Waals surface area contributed by atoms with Crippen LogP contribution in [0, 0.1) is 0 Å². The molecule has 1 aromatic rings. The molecule has 2 amide bonds. The molecule has 1 aromatic carbocycles. The van der Waals surface area contributed by atoms with E-state index in [4.69, 9.17) is 0 Å². The van der Waals surface area contributed by atoms with Gasteiger partial charge in [0.1, 0.15) is 0 Å². The fourth-order valence-corrected chi connectivity index (χ4v) is 2.31. The Morgan fingerprint density at radius 1 is 1.25 bits per heavy atom. The van der Waals surface area contributed by atoms with Crippen LogP contribution in [-0.4, -0.2) is 43.4 Å². The summed E-state index contributed by atoms with van der Waals surface area (Å²) in [6.45, 7) is 0.871. The van der Waals surface area contributed by atoms with Crippen molar-refractivity contribution in [1.29, 1.82) is 0 Å². The van der Waals surface area contributed by atoms with E-state index in [1.165, 1.54) is 4.90 Å². The molecule has 20 heavy (non-hydrogen) atoms. The summed E-state index contributed by atoms with van der Waals surface area (Å²) in [5, 5.41) is 6.07. The van der Waals surface area contributed by atoms with Gasteiger partial charge in [-0.25, -0.2) is 0 Å². The van der Waals surface area contributed by atoms with E-state index >= 15 is 0 Å². The Kier molecular flexibility index (Phi) is 4.74. The summed E-state index contributed by atoms with van der Waals surface area (Å²) in [6.07, 6.45) is 3.01. The van der Waals surface area contributed by atoms with Gasteiger partial charge in [0.2, 0.25) is 5.91 Å². The molecule has 0 bridgehead atoms. The van der Waals surface area contributed by atoms with Crippen molar-refractivity contribution in [3.05, 3.63) is 29.8 Å². The lowest BCUT2D eigenvalue weighted by atomic mass is 10.0. The normalized spacial score (nSPS) is 18.4. The maximum atomic E-state index is 12.2. The molecule has 1 aliphatic heterocycles. The van der Waals surface area contributed by atoms with Gasteiger partial charge in [-0.3, -0.25) is 9.59 Å². The van der Waals surface area contributed by atoms with Crippen LogP contribution in [0.4, 0.5) is 5.69 Å². The Balaban J connectivity index is 2.12. The van der Waals surface area contributed by atoms with Crippen molar-refractivity contribution in [2.45, 2.75) is 25.3 Å². The van der Waals surface area contributed by atoms with E-state index in [0.717, 1.165) is 25.8 Å². The lowest BCUT2D eigenvalue weighted by Gasteiger charge is -2.23. The highest BCUT2D eigenvalue weighted by atomic mass is 16.2. The first-order valence-electron chi connectivity index (χ1n) is 6.94. The van der Waals surface area contributed by atoms with E-state index in [1.807, 2.05) is 6.07 Å². The minimum absolute atomic E-state index is 0.0660. The highest BCUT2D eigenvalue weighted by Crippen LogP contribution is 2.18. The fraction of sp³-hybridized carbons (Fsp3) is 0.467. The van der Waals surface area contributed by atoms with Crippen LogP contribution >= 0.6 is 0 Å². The highest BCUT2D eigenvalue weighted by Gasteiger charge is 2.22. The van der Waals surface area contributed by atoms with Gasteiger partial charge in [0, 0.05) is 14.1 Å². The van der Waals surface area contributed by atoms with Crippen LogP contribution in [0.3, 0.4) is 0 Å². The predicted molar refractivity (Wildman–Crippen MR) is 78.7 cm³/mol. The number of hydrogen-bond acceptors (Lipinski definition) is 3. The fourth-order valence-electron chi connectivity index (χ4n) is 2.31. The van der Waals surface area contributed by atoms with Crippen LogP contribution < -0.4 is 10.6 Å². The average Bonchev–Trinajstić information content (AvgIpc) is 2.48. The number of carbonyl (C=O) groups excluding carboxylic acids is 2. The quantitative estimate of drug-likeness (QED) is 0.878. The van der Waals surface area contributed by atoms with Crippen molar-refractivity contribution in [2.75, 3.05) is 26.0 Å². The number of amides is 2. The molecule has 0 radical (unpaired) electrons. The molecule has 5 nitrogen and oxygen atoms in total. The van der Waals surface area contributed by atoms with Crippen molar-refractivity contribution in [1.82, 2.24) is 10.2 Å². The van der Waals surface area contributed by atoms with E-state index in [2.05, 4.69) is 10.6 Å². The zero-order valence-electron chi connectivity index (χ0n) is 12.0. The number of para-hydroxylation sites is 1. The van der Waals surface area contributed by atoms with E-state index in [-0.39, 0.29) is 17.9 Å². The number of piperidine rings is 1. The standard InChI is InChI=1S/C15H21N3O2/c1-18(2)15(20)11-7-3-4-8-12(11)17-14(19)13-9-5-6-10-16-13/h3-4,7-8,13,16H,5-6,9-10H2,1-2H3,(H,17,19)/t13-/m1/s1. The molecule has 108 valence electrons. The Morgan fingerprint density at radius 3 is 2.65 bits per heavy atom. The number of nitrogens with one attached hydrogen (secondary N) is 2. The van der Waals surface area contributed by atoms with Crippen LogP contribution in [0.5, 0.6) is 0 Å². The molecule has 0 aliphatic carbocycles. The van der Waals surface area contributed by atoms with Crippen LogP contribution in [0.15, 0.2) is 24.3 Å². The van der Waals surface area contributed by atoms with E-state index < -0.39 is 0 Å². The number of carbonyl (C=O) groups is 2. The lowest BCUT2D eigenvalue weighted by molar-refractivity contribution is -0.118. The summed E-state index contributed by atoms with van der Waals surface area (Å²) in [4.78, 5) is 25.8. The second kappa shape index (κ2) is 6.52. The van der Waals surface area contributed by atoms with E-state index in [9.17, 15) is 9.59 Å². The third-order valence-electron chi connectivity index (χ3n) is 3.45. The van der Waals surface area contributed by atoms with Crippen molar-refractivity contribution in [2.24, 2.45) is 0 Å². The first kappa shape index (κ1) is 14.5. The summed E-state index contributed by atoms with van der Waals surface area (Å²) in [5.41, 5.74) is 1.09. The second-order valence-corrected chi connectivity index (χ2v) is 5.24. The van der Waals surface area contributed by atoms with Crippen molar-refractivity contribution < 1.29 is 9.59 Å². The minimum Gasteiger partial charge on any atom is -0.345 e. The van der Waals surface area contributed by atoms with E-state index in [1.54, 1.807) is 32.3 Å². The summed E-state index contributed by atoms with van der Waals surface area (Å²) in [6, 6.07) is 6.94. The summed E-state index contributed by atoms with van der Waals surface area (Å²) >= 11 is 0. The van der Waals surface area contributed by atoms with Crippen LogP contribution in [0.1, 0.15) is 29.6 Å². The Hall–Kier alpha value is -1.88. The van der Waals surface area contributed by atoms with Gasteiger partial charge in [0.05, 0.1) is 17.3 Å². The molecular weight excluding hydrogens is 254 g/mol. The predicted octanol–water partition coefficient (Wildman–Crippen LogP) is 1.47. The molecule has 2 rings (SSSR count). The monoisotopic (exact) mass is 275 g/mol. The molecule has 0 aromatic heterocycles. The van der Waals surface area contributed by atoms with Gasteiger partial charge in [0.25, 0.3) is 5.91 Å². The van der Waals surface area contributed by atoms with Crippen molar-refractivity contribution in [3.63, 3.8) is 0 Å². The van der Waals surface area contributed by atoms with Gasteiger partial charge in [-0.1, -0.05) is 18.6 Å². The van der Waals surface area contributed by atoms with Gasteiger partial charge < -0.3 is 15.5 Å². The molecule has 0 spiro atoms. The molecule has 0 saturated carbocycles. The first-order chi connectivity index (χ1) is 9.59. The SMILES string of the molecule is CN(C)C(=O)c1ccccc1NC(=O)[C@H]1CCCCN1. The summed E-state index contributed by atoms with van der Waals surface area (Å²) in [5.74, 6) is -0.179. The zero-order valence-corrected chi connectivity index (χ0v) is 12.0. The summed E-state index contributed by atoms with van der Waals surface area (Å²) in [7, 11) is 3.40. The number of rotatable bonds is 3. The third kappa shape index (κ3) is 3.36. The van der Waals surface area contributed by atoms with Gasteiger partial charge >= 0.3 is 0 Å². The molecular formula is C15H21N3O2. The van der Waals surface area contributed by atoms with Crippen molar-refractivity contribution >= 4 is 17.5 Å². The molecule has 2 N–H and O–H groups in total. The lowest BCUT2D eigenvalue weighted by Crippen LogP contribution is -2.43. The minimum atomic E-state index is -0.161. The Bertz CT molecular complexity index is 494. The van der Waals surface area contributed by atoms with Gasteiger partial charge in [-0.15, -0.1) is 0 Å². The number of anilines is 1. The third-order valence-corrected chi connectivity index (χ3v) is 3.45. The Morgan fingerprint density at radius 2 is 2.00 bits per heavy atom. The molecule has 1 fully saturated rings. The van der Waals surface area contributed by atoms with E-state index in [0.29, 0.717) is 11.3 Å². The molecule has 1 heterocycles. The Labute approximate surface area is 119 Å². The highest BCUT2D eigenvalue weighted by molar-refractivity contribution is 6.04. The zero-order chi connectivity index (χ0) is 14.5. The number of benzene rings is 1. The summed E-state index contributed by atoms with van der Waals surface area (Å²) < 4.78 is 0. The molecule has 1 aliphatic rings. The number of nitrogens with zero attached hydrogens (tertiary/aromatic N) is 1. The second-order valence-electron chi connectivity index (χ2n) is 5.24. The van der Waals surface area contributed by atoms with Gasteiger partial charge in [0.15, 0.2) is 0 Å². The average molecular weight is 275 g/mol. The smallest absolute Gasteiger partial charge is 0.255 e. The first-order valence-corrected chi connectivity index (χ1v) is 6.94. The maximum absolute atomic E-state index is 12.2.